The molecule has 6 heteroatoms. The highest BCUT2D eigenvalue weighted by Gasteiger charge is 2.15. The molecule has 5 nitrogen and oxygen atoms in total. The lowest BCUT2D eigenvalue weighted by Crippen LogP contribution is -2.29. The Morgan fingerprint density at radius 2 is 1.62 bits per heavy atom. The average molecular weight is 370 g/mol. The smallest absolute Gasteiger partial charge is 0.211 e. The lowest BCUT2D eigenvalue weighted by molar-refractivity contribution is 0.473. The van der Waals surface area contributed by atoms with Gasteiger partial charge in [0, 0.05) is 25.5 Å². The van der Waals surface area contributed by atoms with Crippen molar-refractivity contribution in [3.8, 4) is 11.3 Å². The number of aromatic nitrogens is 1. The van der Waals surface area contributed by atoms with Crippen molar-refractivity contribution in [3.63, 3.8) is 0 Å². The van der Waals surface area contributed by atoms with E-state index in [1.807, 2.05) is 60.7 Å². The summed E-state index contributed by atoms with van der Waals surface area (Å²) in [5, 5.41) is 0. The summed E-state index contributed by atoms with van der Waals surface area (Å²) in [7, 11) is -3.33. The second kappa shape index (κ2) is 8.29. The van der Waals surface area contributed by atoms with Gasteiger partial charge in [0.05, 0.1) is 5.75 Å². The minimum absolute atomic E-state index is 0.0674. The fourth-order valence-corrected chi connectivity index (χ4v) is 3.81. The van der Waals surface area contributed by atoms with Crippen LogP contribution in [0.15, 0.2) is 65.1 Å². The minimum Gasteiger partial charge on any atom is -0.445 e. The highest BCUT2D eigenvalue weighted by atomic mass is 32.2. The van der Waals surface area contributed by atoms with E-state index >= 15 is 0 Å². The Balaban J connectivity index is 1.58. The largest absolute Gasteiger partial charge is 0.445 e. The van der Waals surface area contributed by atoms with Crippen LogP contribution in [0.25, 0.3) is 11.3 Å². The number of nitrogens with zero attached hydrogens (tertiary/aromatic N) is 1. The molecule has 3 rings (SSSR count). The predicted octanol–water partition coefficient (Wildman–Crippen LogP) is 3.35. The lowest BCUT2D eigenvalue weighted by atomic mass is 10.1. The quantitative estimate of drug-likeness (QED) is 0.660. The summed E-state index contributed by atoms with van der Waals surface area (Å²) in [5.74, 6) is 1.34. The standard InChI is InChI=1S/C20H22N2O3S/c1-16-22-20(18-10-6-3-7-11-18)19(25-16)12-14-21-26(23,24)15-13-17-8-4-2-5-9-17/h2-11,21H,12-15H2,1H3. The van der Waals surface area contributed by atoms with E-state index in [1.165, 1.54) is 0 Å². The van der Waals surface area contributed by atoms with Crippen LogP contribution in [0.5, 0.6) is 0 Å². The molecule has 2 aromatic carbocycles. The molecule has 1 N–H and O–H groups in total. The Labute approximate surface area is 154 Å². The van der Waals surface area contributed by atoms with Gasteiger partial charge in [-0.3, -0.25) is 0 Å². The molecule has 0 atom stereocenters. The van der Waals surface area contributed by atoms with E-state index < -0.39 is 10.0 Å². The molecule has 0 amide bonds. The van der Waals surface area contributed by atoms with Gasteiger partial charge in [-0.15, -0.1) is 0 Å². The molecule has 136 valence electrons. The summed E-state index contributed by atoms with van der Waals surface area (Å²) in [6, 6.07) is 19.3. The van der Waals surface area contributed by atoms with E-state index in [4.69, 9.17) is 4.42 Å². The molecule has 3 aromatic rings. The third-order valence-electron chi connectivity index (χ3n) is 4.03. The van der Waals surface area contributed by atoms with Crippen LogP contribution in [0.2, 0.25) is 0 Å². The number of hydrogen-bond donors (Lipinski definition) is 1. The molecule has 0 radical (unpaired) electrons. The van der Waals surface area contributed by atoms with Gasteiger partial charge in [0.15, 0.2) is 5.89 Å². The fraction of sp³-hybridized carbons (Fsp3) is 0.250. The van der Waals surface area contributed by atoms with Crippen LogP contribution < -0.4 is 4.72 Å². The van der Waals surface area contributed by atoms with Gasteiger partial charge in [-0.05, 0) is 12.0 Å². The van der Waals surface area contributed by atoms with Crippen molar-refractivity contribution in [1.29, 1.82) is 0 Å². The maximum Gasteiger partial charge on any atom is 0.211 e. The first-order chi connectivity index (χ1) is 12.5. The van der Waals surface area contributed by atoms with Gasteiger partial charge in [-0.1, -0.05) is 60.7 Å². The van der Waals surface area contributed by atoms with Crippen molar-refractivity contribution in [2.75, 3.05) is 12.3 Å². The molecule has 0 aliphatic heterocycles. The number of rotatable bonds is 8. The van der Waals surface area contributed by atoms with Gasteiger partial charge >= 0.3 is 0 Å². The van der Waals surface area contributed by atoms with E-state index in [-0.39, 0.29) is 12.3 Å². The number of aryl methyl sites for hydroxylation is 2. The van der Waals surface area contributed by atoms with Crippen molar-refractivity contribution in [2.45, 2.75) is 19.8 Å². The van der Waals surface area contributed by atoms with Crippen LogP contribution in [-0.4, -0.2) is 25.7 Å². The molecule has 0 unspecified atom stereocenters. The third kappa shape index (κ3) is 5.03. The monoisotopic (exact) mass is 370 g/mol. The zero-order valence-corrected chi connectivity index (χ0v) is 15.5. The first-order valence-electron chi connectivity index (χ1n) is 8.56. The molecule has 0 aliphatic rings. The first-order valence-corrected chi connectivity index (χ1v) is 10.2. The SMILES string of the molecule is Cc1nc(-c2ccccc2)c(CCNS(=O)(=O)CCc2ccccc2)o1. The maximum absolute atomic E-state index is 12.2. The highest BCUT2D eigenvalue weighted by Crippen LogP contribution is 2.23. The number of nitrogens with one attached hydrogen (secondary N) is 1. The molecule has 0 spiro atoms. The van der Waals surface area contributed by atoms with Gasteiger partial charge in [-0.2, -0.15) is 0 Å². The molecule has 0 saturated heterocycles. The van der Waals surface area contributed by atoms with E-state index in [2.05, 4.69) is 9.71 Å². The van der Waals surface area contributed by atoms with E-state index in [1.54, 1.807) is 6.92 Å². The summed E-state index contributed by atoms with van der Waals surface area (Å²) in [4.78, 5) is 4.43. The van der Waals surface area contributed by atoms with Gasteiger partial charge in [0.2, 0.25) is 10.0 Å². The molecular weight excluding hydrogens is 348 g/mol. The van der Waals surface area contributed by atoms with E-state index in [0.717, 1.165) is 16.8 Å². The molecular formula is C20H22N2O3S. The Kier molecular flexibility index (Phi) is 5.85. The normalized spacial score (nSPS) is 11.6. The highest BCUT2D eigenvalue weighted by molar-refractivity contribution is 7.89. The van der Waals surface area contributed by atoms with Crippen molar-refractivity contribution < 1.29 is 12.8 Å². The van der Waals surface area contributed by atoms with Crippen molar-refractivity contribution in [2.24, 2.45) is 0 Å². The Bertz CT molecular complexity index is 936. The van der Waals surface area contributed by atoms with Crippen LogP contribution >= 0.6 is 0 Å². The second-order valence-corrected chi connectivity index (χ2v) is 8.00. The summed E-state index contributed by atoms with van der Waals surface area (Å²) in [6.45, 7) is 2.07. The Morgan fingerprint density at radius 1 is 0.962 bits per heavy atom. The Hall–Kier alpha value is -2.44. The first kappa shape index (κ1) is 18.4. The lowest BCUT2D eigenvalue weighted by Gasteiger charge is -2.07. The molecule has 0 fully saturated rings. The summed E-state index contributed by atoms with van der Waals surface area (Å²) in [5.41, 5.74) is 2.74. The topological polar surface area (TPSA) is 72.2 Å². The summed E-state index contributed by atoms with van der Waals surface area (Å²) >= 11 is 0. The summed E-state index contributed by atoms with van der Waals surface area (Å²) < 4.78 is 32.7. The zero-order chi connectivity index (χ0) is 18.4. The van der Waals surface area contributed by atoms with Gasteiger partial charge in [0.25, 0.3) is 0 Å². The molecule has 26 heavy (non-hydrogen) atoms. The number of benzene rings is 2. The molecule has 0 aliphatic carbocycles. The number of oxazole rings is 1. The van der Waals surface area contributed by atoms with E-state index in [0.29, 0.717) is 24.5 Å². The predicted molar refractivity (Wildman–Crippen MR) is 102 cm³/mol. The third-order valence-corrected chi connectivity index (χ3v) is 5.41. The fourth-order valence-electron chi connectivity index (χ4n) is 2.75. The van der Waals surface area contributed by atoms with Gasteiger partial charge in [0.1, 0.15) is 11.5 Å². The van der Waals surface area contributed by atoms with Crippen LogP contribution in [-0.2, 0) is 22.9 Å². The van der Waals surface area contributed by atoms with Crippen molar-refractivity contribution in [1.82, 2.24) is 9.71 Å². The second-order valence-electron chi connectivity index (χ2n) is 6.07. The molecule has 0 saturated carbocycles. The zero-order valence-electron chi connectivity index (χ0n) is 14.7. The number of sulfonamides is 1. The number of hydrogen-bond acceptors (Lipinski definition) is 4. The molecule has 1 aromatic heterocycles. The summed E-state index contributed by atoms with van der Waals surface area (Å²) in [6.07, 6.45) is 0.947. The molecule has 0 bridgehead atoms. The van der Waals surface area contributed by atoms with Crippen molar-refractivity contribution in [3.05, 3.63) is 77.9 Å². The average Bonchev–Trinajstić information content (AvgIpc) is 3.02. The van der Waals surface area contributed by atoms with E-state index in [9.17, 15) is 8.42 Å². The molecule has 1 heterocycles. The van der Waals surface area contributed by atoms with Crippen LogP contribution in [0.1, 0.15) is 17.2 Å². The van der Waals surface area contributed by atoms with Crippen LogP contribution in [0, 0.1) is 6.92 Å². The van der Waals surface area contributed by atoms with Gasteiger partial charge < -0.3 is 4.42 Å². The van der Waals surface area contributed by atoms with Crippen LogP contribution in [0.3, 0.4) is 0 Å². The van der Waals surface area contributed by atoms with Gasteiger partial charge in [-0.25, -0.2) is 18.1 Å². The van der Waals surface area contributed by atoms with Crippen molar-refractivity contribution >= 4 is 10.0 Å². The Morgan fingerprint density at radius 3 is 2.31 bits per heavy atom. The maximum atomic E-state index is 12.2. The van der Waals surface area contributed by atoms with Crippen LogP contribution in [0.4, 0.5) is 0 Å². The minimum atomic E-state index is -3.33.